The van der Waals surface area contributed by atoms with Crippen molar-refractivity contribution in [1.29, 1.82) is 0 Å². The number of unbranched alkanes of at least 4 members (excludes halogenated alkanes) is 31. The van der Waals surface area contributed by atoms with Crippen LogP contribution in [-0.2, 0) is 65.4 Å². The topological polar surface area (TPSA) is 237 Å². The Labute approximate surface area is 656 Å². The fourth-order valence-electron chi connectivity index (χ4n) is 11.2. The Morgan fingerprint density at radius 3 is 0.769 bits per heavy atom. The molecule has 0 aromatic heterocycles. The van der Waals surface area contributed by atoms with E-state index in [-0.39, 0.29) is 25.7 Å². The normalized spacial score (nSPS) is 14.5. The lowest BCUT2D eigenvalue weighted by molar-refractivity contribution is -0.161. The first-order valence-electron chi connectivity index (χ1n) is 42.4. The van der Waals surface area contributed by atoms with Crippen molar-refractivity contribution in [3.63, 3.8) is 0 Å². The summed E-state index contributed by atoms with van der Waals surface area (Å²) >= 11 is 0. The number of phosphoric ester groups is 2. The van der Waals surface area contributed by atoms with E-state index in [9.17, 15) is 43.2 Å². The quantitative estimate of drug-likeness (QED) is 0.0169. The van der Waals surface area contributed by atoms with Gasteiger partial charge in [0.05, 0.1) is 26.4 Å². The number of esters is 4. The molecule has 0 fully saturated rings. The van der Waals surface area contributed by atoms with E-state index >= 15 is 0 Å². The van der Waals surface area contributed by atoms with Crippen LogP contribution in [-0.4, -0.2) is 96.7 Å². The maximum atomic E-state index is 13.1. The Kier molecular flexibility index (Phi) is 76.7. The lowest BCUT2D eigenvalue weighted by Crippen LogP contribution is -2.30. The summed E-state index contributed by atoms with van der Waals surface area (Å²) in [5.41, 5.74) is 0. The average Bonchev–Trinajstić information content (AvgIpc) is 0.923. The molecular weight excluding hydrogens is 1400 g/mol. The van der Waals surface area contributed by atoms with Gasteiger partial charge in [-0.3, -0.25) is 37.3 Å². The van der Waals surface area contributed by atoms with E-state index in [1.165, 1.54) is 57.8 Å². The second-order valence-corrected chi connectivity index (χ2v) is 30.9. The fourth-order valence-corrected chi connectivity index (χ4v) is 12.7. The number of carbonyl (C=O) groups is 4. The number of ether oxygens (including phenoxy) is 4. The van der Waals surface area contributed by atoms with Gasteiger partial charge < -0.3 is 33.8 Å². The number of aliphatic hydroxyl groups excluding tert-OH is 1. The molecule has 17 nitrogen and oxygen atoms in total. The van der Waals surface area contributed by atoms with E-state index in [1.54, 1.807) is 0 Å². The standard InChI is InChI=1S/C89H152O17P2/c1-5-9-13-17-21-25-29-33-37-39-41-43-47-49-53-57-61-65-69-73-86(91)99-79-84(105-88(93)75-71-67-63-59-55-51-45-35-31-27-23-19-15-11-7-3)81-103-107(95,96)101-77-83(90)78-102-108(97,98)104-82-85(106-89(94)76-72-68-64-60-56-52-46-36-32-28-24-20-16-12-8-4)80-100-87(92)74-70-66-62-58-54-50-48-44-42-40-38-34-30-26-22-18-14-10-6-2/h9,12-13,16,21-22,24-26,28,33-38,41-46,83-85,90H,5-8,10-11,14-15,17-20,23,27,29-32,39-40,47-82H2,1-4H3,(H,95,96)(H,97,98)/b13-9-,16-12-,25-21-,26-22-,28-24-,37-33-,38-34-,43-41-,44-42-,45-35-,46-36-. The third kappa shape index (κ3) is 79.3. The van der Waals surface area contributed by atoms with Crippen molar-refractivity contribution in [1.82, 2.24) is 0 Å². The van der Waals surface area contributed by atoms with Crippen LogP contribution in [0, 0.1) is 0 Å². The maximum absolute atomic E-state index is 13.1. The van der Waals surface area contributed by atoms with Crippen molar-refractivity contribution in [2.24, 2.45) is 0 Å². The van der Waals surface area contributed by atoms with Gasteiger partial charge >= 0.3 is 39.5 Å². The van der Waals surface area contributed by atoms with Crippen LogP contribution >= 0.6 is 15.6 Å². The average molecular weight is 1560 g/mol. The number of carbonyl (C=O) groups excluding carboxylic acids is 4. The summed E-state index contributed by atoms with van der Waals surface area (Å²) in [6, 6.07) is 0. The molecule has 0 amide bonds. The monoisotopic (exact) mass is 1560 g/mol. The molecule has 0 saturated heterocycles. The summed E-state index contributed by atoms with van der Waals surface area (Å²) in [4.78, 5) is 73.2. The summed E-state index contributed by atoms with van der Waals surface area (Å²) in [7, 11) is -9.98. The van der Waals surface area contributed by atoms with Crippen LogP contribution in [0.3, 0.4) is 0 Å². The molecule has 108 heavy (non-hydrogen) atoms. The van der Waals surface area contributed by atoms with E-state index in [2.05, 4.69) is 161 Å². The highest BCUT2D eigenvalue weighted by Crippen LogP contribution is 2.45. The molecule has 0 radical (unpaired) electrons. The molecule has 5 atom stereocenters. The van der Waals surface area contributed by atoms with Gasteiger partial charge in [0.15, 0.2) is 12.2 Å². The molecule has 3 N–H and O–H groups in total. The number of aliphatic hydroxyl groups is 1. The van der Waals surface area contributed by atoms with Gasteiger partial charge in [0.1, 0.15) is 19.3 Å². The molecule has 0 aliphatic heterocycles. The van der Waals surface area contributed by atoms with Crippen molar-refractivity contribution in [2.45, 2.75) is 367 Å². The molecule has 0 saturated carbocycles. The van der Waals surface area contributed by atoms with Gasteiger partial charge in [0.2, 0.25) is 0 Å². The second kappa shape index (κ2) is 80.3. The molecular formula is C89H152O17P2. The van der Waals surface area contributed by atoms with Crippen molar-refractivity contribution >= 4 is 39.5 Å². The number of hydrogen-bond acceptors (Lipinski definition) is 15. The molecule has 0 aromatic rings. The predicted octanol–water partition coefficient (Wildman–Crippen LogP) is 25.2. The number of phosphoric acid groups is 2. The van der Waals surface area contributed by atoms with Crippen LogP contribution in [0.5, 0.6) is 0 Å². The van der Waals surface area contributed by atoms with Crippen LogP contribution in [0.25, 0.3) is 0 Å². The Bertz CT molecular complexity index is 2560. The van der Waals surface area contributed by atoms with Gasteiger partial charge in [-0.15, -0.1) is 0 Å². The maximum Gasteiger partial charge on any atom is 0.472 e. The summed E-state index contributed by atoms with van der Waals surface area (Å²) < 4.78 is 68.8. The third-order valence-electron chi connectivity index (χ3n) is 17.6. The van der Waals surface area contributed by atoms with Crippen LogP contribution in [0.2, 0.25) is 0 Å². The number of hydrogen-bond donors (Lipinski definition) is 3. The van der Waals surface area contributed by atoms with Gasteiger partial charge in [-0.25, -0.2) is 9.13 Å². The molecule has 0 bridgehead atoms. The summed E-state index contributed by atoms with van der Waals surface area (Å²) in [6.45, 7) is 4.60. The largest absolute Gasteiger partial charge is 0.472 e. The Morgan fingerprint density at radius 2 is 0.481 bits per heavy atom. The van der Waals surface area contributed by atoms with Crippen LogP contribution < -0.4 is 0 Å². The lowest BCUT2D eigenvalue weighted by Gasteiger charge is -2.21. The Hall–Kier alpha value is -4.80. The van der Waals surface area contributed by atoms with Crippen LogP contribution in [0.1, 0.15) is 349 Å². The molecule has 5 unspecified atom stereocenters. The zero-order valence-corrected chi connectivity index (χ0v) is 69.8. The predicted molar refractivity (Wildman–Crippen MR) is 445 cm³/mol. The molecule has 0 heterocycles. The van der Waals surface area contributed by atoms with Crippen LogP contribution in [0.4, 0.5) is 0 Å². The smallest absolute Gasteiger partial charge is 0.462 e. The lowest BCUT2D eigenvalue weighted by atomic mass is 10.1. The van der Waals surface area contributed by atoms with Gasteiger partial charge in [0.25, 0.3) is 0 Å². The summed E-state index contributed by atoms with van der Waals surface area (Å²) in [5, 5.41) is 10.7. The van der Waals surface area contributed by atoms with Crippen molar-refractivity contribution in [2.75, 3.05) is 39.6 Å². The van der Waals surface area contributed by atoms with Gasteiger partial charge in [-0.05, 0) is 161 Å². The van der Waals surface area contributed by atoms with Gasteiger partial charge in [0, 0.05) is 25.7 Å². The highest BCUT2D eigenvalue weighted by atomic mass is 31.2. The van der Waals surface area contributed by atoms with E-state index in [4.69, 9.17) is 37.0 Å². The highest BCUT2D eigenvalue weighted by Gasteiger charge is 2.30. The second-order valence-electron chi connectivity index (χ2n) is 28.0. The molecule has 0 spiro atoms. The zero-order valence-electron chi connectivity index (χ0n) is 68.0. The van der Waals surface area contributed by atoms with Crippen molar-refractivity contribution in [3.05, 3.63) is 134 Å². The first kappa shape index (κ1) is 103. The molecule has 620 valence electrons. The summed E-state index contributed by atoms with van der Waals surface area (Å²) in [6.07, 6.45) is 91.2. The first-order valence-corrected chi connectivity index (χ1v) is 45.4. The minimum Gasteiger partial charge on any atom is -0.462 e. The minimum atomic E-state index is -4.99. The van der Waals surface area contributed by atoms with Crippen molar-refractivity contribution in [3.8, 4) is 0 Å². The van der Waals surface area contributed by atoms with E-state index in [1.807, 2.05) is 0 Å². The molecule has 0 rings (SSSR count). The first-order chi connectivity index (χ1) is 52.7. The van der Waals surface area contributed by atoms with E-state index in [0.29, 0.717) is 25.7 Å². The van der Waals surface area contributed by atoms with Crippen molar-refractivity contribution < 1.29 is 80.2 Å². The van der Waals surface area contributed by atoms with E-state index < -0.39 is 97.5 Å². The highest BCUT2D eigenvalue weighted by molar-refractivity contribution is 7.47. The number of allylic oxidation sites excluding steroid dienone is 22. The summed E-state index contributed by atoms with van der Waals surface area (Å²) in [5.74, 6) is -2.22. The fraction of sp³-hybridized carbons (Fsp3) is 0.708. The third-order valence-corrected chi connectivity index (χ3v) is 19.5. The SMILES string of the molecule is CC/C=C\C/C=C\C/C=C\C/C=C\CCCCCCCCC(=O)OCC(COP(=O)(O)OCC(O)COP(=O)(O)OCC(COC(=O)CCCCCCCC/C=C\C/C=C\C/C=C\CCCCC)OC(=O)CCCCCCC/C=C\C/C=C\C/C=C\CC)OC(=O)CCCCCCC/C=C\CCCCCCCC. The Morgan fingerprint density at radius 1 is 0.269 bits per heavy atom. The molecule has 0 aliphatic carbocycles. The van der Waals surface area contributed by atoms with Gasteiger partial charge in [-0.2, -0.15) is 0 Å². The molecule has 0 aromatic carbocycles. The molecule has 0 aliphatic rings. The minimum absolute atomic E-state index is 0.0697. The van der Waals surface area contributed by atoms with Crippen LogP contribution in [0.15, 0.2) is 134 Å². The number of rotatable bonds is 79. The van der Waals surface area contributed by atoms with E-state index in [0.717, 1.165) is 212 Å². The zero-order chi connectivity index (χ0) is 78.9. The molecule has 19 heteroatoms. The Balaban J connectivity index is 5.40. The van der Waals surface area contributed by atoms with Gasteiger partial charge in [-0.1, -0.05) is 296 Å².